The summed E-state index contributed by atoms with van der Waals surface area (Å²) in [6.45, 7) is 40.9. The molecule has 4 heteroatoms. The van der Waals surface area contributed by atoms with Crippen molar-refractivity contribution in [1.29, 1.82) is 0 Å². The Balaban J connectivity index is 1.16. The molecule has 0 spiro atoms. The minimum Gasteiger partial charge on any atom is -0.334 e. The van der Waals surface area contributed by atoms with Crippen LogP contribution in [0.2, 0.25) is 0 Å². The molecule has 1 saturated carbocycles. The lowest BCUT2D eigenvalue weighted by molar-refractivity contribution is 0.0786. The van der Waals surface area contributed by atoms with Crippen LogP contribution in [-0.2, 0) is 27.1 Å². The molecule has 4 aliphatic rings. The maximum Gasteiger partial charge on any atom is 0.252 e. The molecule has 3 atom stereocenters. The van der Waals surface area contributed by atoms with Crippen LogP contribution in [0.5, 0.6) is 0 Å². The summed E-state index contributed by atoms with van der Waals surface area (Å²) in [4.78, 5) is 8.14. The Bertz CT molecular complexity index is 3700. The van der Waals surface area contributed by atoms with Gasteiger partial charge in [-0.2, -0.15) is 0 Å². The summed E-state index contributed by atoms with van der Waals surface area (Å²) >= 11 is 0. The molecule has 0 saturated heterocycles. The first kappa shape index (κ1) is 53.8. The van der Waals surface area contributed by atoms with Crippen LogP contribution < -0.4 is 31.1 Å². The lowest BCUT2D eigenvalue weighted by Crippen LogP contribution is -2.61. The van der Waals surface area contributed by atoms with E-state index in [1.54, 1.807) is 0 Å². The van der Waals surface area contributed by atoms with Crippen LogP contribution in [0.1, 0.15) is 165 Å². The molecule has 3 nitrogen and oxygen atoms in total. The van der Waals surface area contributed by atoms with Crippen molar-refractivity contribution in [3.8, 4) is 22.3 Å². The highest BCUT2D eigenvalue weighted by Crippen LogP contribution is 2.64. The minimum atomic E-state index is -0.169. The third-order valence-electron chi connectivity index (χ3n) is 19.7. The average molecular weight is 1050 g/mol. The van der Waals surface area contributed by atoms with E-state index >= 15 is 0 Å². The maximum absolute atomic E-state index is 2.82. The Morgan fingerprint density at radius 3 is 1.51 bits per heavy atom. The van der Waals surface area contributed by atoms with Crippen molar-refractivity contribution in [3.63, 3.8) is 0 Å². The molecule has 1 fully saturated rings. The predicted octanol–water partition coefficient (Wildman–Crippen LogP) is 19.3. The van der Waals surface area contributed by atoms with E-state index in [0.29, 0.717) is 5.92 Å². The number of hydrogen-bond donors (Lipinski definition) is 0. The molecule has 3 unspecified atom stereocenters. The highest BCUT2D eigenvalue weighted by atomic mass is 15.3. The topological polar surface area (TPSA) is 9.72 Å². The van der Waals surface area contributed by atoms with E-state index in [1.165, 1.54) is 118 Å². The van der Waals surface area contributed by atoms with Gasteiger partial charge in [-0.15, -0.1) is 0 Å². The van der Waals surface area contributed by atoms with Gasteiger partial charge < -0.3 is 14.7 Å². The molecule has 0 N–H and O–H groups in total. The summed E-state index contributed by atoms with van der Waals surface area (Å²) in [7, 11) is 0. The minimum absolute atomic E-state index is 0.00776. The number of rotatable bonds is 5. The van der Waals surface area contributed by atoms with Gasteiger partial charge in [-0.05, 0) is 181 Å². The van der Waals surface area contributed by atoms with Gasteiger partial charge in [-0.3, -0.25) is 0 Å². The van der Waals surface area contributed by atoms with Gasteiger partial charge in [0.05, 0.1) is 11.2 Å². The Kier molecular flexibility index (Phi) is 12.4. The lowest BCUT2D eigenvalue weighted by Gasteiger charge is -2.54. The zero-order chi connectivity index (χ0) is 56.9. The van der Waals surface area contributed by atoms with Crippen LogP contribution in [-0.4, -0.2) is 12.3 Å². The highest BCUT2D eigenvalue weighted by Gasteiger charge is 2.60. The lowest BCUT2D eigenvalue weighted by atomic mass is 9.33. The van der Waals surface area contributed by atoms with Crippen molar-refractivity contribution >= 4 is 68.6 Å². The zero-order valence-electron chi connectivity index (χ0n) is 51.3. The molecule has 80 heavy (non-hydrogen) atoms. The molecule has 8 aromatic carbocycles. The third kappa shape index (κ3) is 8.67. The molecule has 0 amide bonds. The molecule has 0 aromatic heterocycles. The standard InChI is InChI=1S/C76H86BN3/c1-70(2,3)52-29-33-57(34-30-52)78-66-47-58(80-64-39-32-54(72(7,8)9)44-60(64)75(16)48-55(73(10,11)12)40-41-76(75,80)17)35-37-62(66)77-61-36-28-51(49-24-20-18-21-25-49)42-65(61)79(68-46-56(74(13,14)15)45-67(78)69(68)77)63-38-31-53(71(4,5)6)43-59(63)50-26-22-19-23-27-50/h18-39,42-47,55H,40-41,48H2,1-17H3. The average Bonchev–Trinajstić information content (AvgIpc) is 1.58. The Hall–Kier alpha value is -6.78. The van der Waals surface area contributed by atoms with Crippen LogP contribution >= 0.6 is 0 Å². The van der Waals surface area contributed by atoms with E-state index in [4.69, 9.17) is 0 Å². The summed E-state index contributed by atoms with van der Waals surface area (Å²) < 4.78 is 0. The number of anilines is 8. The van der Waals surface area contributed by atoms with E-state index in [9.17, 15) is 0 Å². The first-order valence-electron chi connectivity index (χ1n) is 29.9. The summed E-state index contributed by atoms with van der Waals surface area (Å²) in [6.07, 6.45) is 3.50. The van der Waals surface area contributed by atoms with Crippen molar-refractivity contribution in [2.24, 2.45) is 11.3 Å². The predicted molar refractivity (Wildman–Crippen MR) is 347 cm³/mol. The second kappa shape index (κ2) is 18.4. The van der Waals surface area contributed by atoms with Gasteiger partial charge in [0.25, 0.3) is 6.71 Å². The van der Waals surface area contributed by atoms with Crippen molar-refractivity contribution in [3.05, 3.63) is 198 Å². The second-order valence-corrected chi connectivity index (χ2v) is 30.0. The van der Waals surface area contributed by atoms with Crippen molar-refractivity contribution in [2.45, 2.75) is 170 Å². The van der Waals surface area contributed by atoms with E-state index in [-0.39, 0.29) is 44.7 Å². The molecular weight excluding hydrogens is 966 g/mol. The Morgan fingerprint density at radius 1 is 0.412 bits per heavy atom. The molecule has 8 aromatic rings. The van der Waals surface area contributed by atoms with Crippen molar-refractivity contribution < 1.29 is 0 Å². The van der Waals surface area contributed by atoms with Crippen LogP contribution in [0.15, 0.2) is 170 Å². The van der Waals surface area contributed by atoms with E-state index < -0.39 is 0 Å². The van der Waals surface area contributed by atoms with Gasteiger partial charge >= 0.3 is 0 Å². The number of nitrogens with zero attached hydrogens (tertiary/aromatic N) is 3. The second-order valence-electron chi connectivity index (χ2n) is 30.0. The summed E-state index contributed by atoms with van der Waals surface area (Å²) in [5.74, 6) is 0.623. The van der Waals surface area contributed by atoms with Crippen LogP contribution in [0.25, 0.3) is 22.3 Å². The maximum atomic E-state index is 2.82. The van der Waals surface area contributed by atoms with E-state index in [1.807, 2.05) is 0 Å². The summed E-state index contributed by atoms with van der Waals surface area (Å²) in [5.41, 5.74) is 25.6. The van der Waals surface area contributed by atoms with Crippen molar-refractivity contribution in [1.82, 2.24) is 0 Å². The Labute approximate surface area is 481 Å². The molecule has 0 radical (unpaired) electrons. The molecular formula is C76H86BN3. The first-order chi connectivity index (χ1) is 37.6. The fourth-order valence-electron chi connectivity index (χ4n) is 14.4. The fraction of sp³-hybridized carbons (Fsp3) is 0.368. The van der Waals surface area contributed by atoms with Gasteiger partial charge in [0.2, 0.25) is 0 Å². The quantitative estimate of drug-likeness (QED) is 0.159. The normalized spacial score (nSPS) is 19.8. The molecule has 0 bridgehead atoms. The fourth-order valence-corrected chi connectivity index (χ4v) is 14.4. The van der Waals surface area contributed by atoms with E-state index in [0.717, 1.165) is 12.8 Å². The Morgan fingerprint density at radius 2 is 0.925 bits per heavy atom. The SMILES string of the molecule is CC(C)(C)c1ccc(N2c3cc(N4c5ccc(C(C)(C)C)cc5C5(C)CC(C(C)(C)C)CCC45C)ccc3B3c4ccc(-c5ccccc5)cc4N(c4ccc(C(C)(C)C)cc4-c4ccccc4)c4cc(C(C)(C)C)cc2c43)cc1. The molecule has 408 valence electrons. The highest BCUT2D eigenvalue weighted by molar-refractivity contribution is 7.00. The largest absolute Gasteiger partial charge is 0.334 e. The number of benzene rings is 8. The van der Waals surface area contributed by atoms with Crippen LogP contribution in [0.3, 0.4) is 0 Å². The first-order valence-corrected chi connectivity index (χ1v) is 29.9. The van der Waals surface area contributed by atoms with Gasteiger partial charge in [-0.1, -0.05) is 220 Å². The van der Waals surface area contributed by atoms with Gasteiger partial charge in [0.15, 0.2) is 0 Å². The van der Waals surface area contributed by atoms with Crippen LogP contribution in [0.4, 0.5) is 45.5 Å². The van der Waals surface area contributed by atoms with Crippen LogP contribution in [0, 0.1) is 11.3 Å². The smallest absolute Gasteiger partial charge is 0.252 e. The van der Waals surface area contributed by atoms with E-state index in [2.05, 4.69) is 302 Å². The van der Waals surface area contributed by atoms with Gasteiger partial charge in [0, 0.05) is 50.8 Å². The summed E-state index contributed by atoms with van der Waals surface area (Å²) in [5, 5.41) is 0. The number of hydrogen-bond acceptors (Lipinski definition) is 3. The molecule has 3 aliphatic heterocycles. The molecule has 12 rings (SSSR count). The number of fused-ring (bicyclic) bond motifs is 7. The van der Waals surface area contributed by atoms with Gasteiger partial charge in [-0.25, -0.2) is 0 Å². The molecule has 3 heterocycles. The third-order valence-corrected chi connectivity index (χ3v) is 19.7. The monoisotopic (exact) mass is 1050 g/mol. The zero-order valence-corrected chi connectivity index (χ0v) is 51.3. The summed E-state index contributed by atoms with van der Waals surface area (Å²) in [6, 6.07) is 66.6. The van der Waals surface area contributed by atoms with Gasteiger partial charge in [0.1, 0.15) is 0 Å². The van der Waals surface area contributed by atoms with Crippen molar-refractivity contribution in [2.75, 3.05) is 14.7 Å². The molecule has 1 aliphatic carbocycles.